The lowest BCUT2D eigenvalue weighted by Crippen LogP contribution is -2.52. The van der Waals surface area contributed by atoms with E-state index in [0.717, 1.165) is 0 Å². The first kappa shape index (κ1) is 10.1. The Kier molecular flexibility index (Phi) is 3.19. The zero-order valence-corrected chi connectivity index (χ0v) is 6.70. The van der Waals surface area contributed by atoms with Crippen LogP contribution in [0.4, 0.5) is 0 Å². The molecule has 0 saturated heterocycles. The molecule has 0 aromatic heterocycles. The number of carboxylic acids is 1. The molecule has 0 fully saturated rings. The molecule has 64 valence electrons. The van der Waals surface area contributed by atoms with E-state index in [4.69, 9.17) is 10.8 Å². The highest BCUT2D eigenvalue weighted by molar-refractivity contribution is 5.82. The van der Waals surface area contributed by atoms with Crippen molar-refractivity contribution in [3.63, 3.8) is 0 Å². The second-order valence-electron chi connectivity index (χ2n) is 2.87. The SMILES string of the molecule is CC(C)C(N)(CC=O)C(=O)O. The maximum absolute atomic E-state index is 10.6. The lowest BCUT2D eigenvalue weighted by atomic mass is 9.85. The van der Waals surface area contributed by atoms with Crippen LogP contribution in [0, 0.1) is 5.92 Å². The van der Waals surface area contributed by atoms with Gasteiger partial charge in [-0.3, -0.25) is 4.79 Å². The van der Waals surface area contributed by atoms with Crippen LogP contribution < -0.4 is 5.73 Å². The van der Waals surface area contributed by atoms with E-state index in [1.807, 2.05) is 0 Å². The van der Waals surface area contributed by atoms with Gasteiger partial charge in [0, 0.05) is 6.42 Å². The number of carboxylic acid groups (broad SMARTS) is 1. The van der Waals surface area contributed by atoms with E-state index in [0.29, 0.717) is 6.29 Å². The smallest absolute Gasteiger partial charge is 0.324 e. The van der Waals surface area contributed by atoms with Crippen molar-refractivity contribution >= 4 is 12.3 Å². The third kappa shape index (κ3) is 2.01. The summed E-state index contributed by atoms with van der Waals surface area (Å²) in [6.07, 6.45) is 0.397. The molecule has 1 unspecified atom stereocenters. The largest absolute Gasteiger partial charge is 0.480 e. The topological polar surface area (TPSA) is 80.4 Å². The number of aliphatic carboxylic acids is 1. The minimum Gasteiger partial charge on any atom is -0.480 e. The standard InChI is InChI=1S/C7H13NO3/c1-5(2)7(8,3-4-9)6(10)11/h4-5H,3,8H2,1-2H3,(H,10,11). The summed E-state index contributed by atoms with van der Waals surface area (Å²) in [5, 5.41) is 8.65. The molecule has 1 atom stereocenters. The lowest BCUT2D eigenvalue weighted by molar-refractivity contribution is -0.146. The van der Waals surface area contributed by atoms with Crippen molar-refractivity contribution in [2.45, 2.75) is 25.8 Å². The van der Waals surface area contributed by atoms with Crippen molar-refractivity contribution in [2.75, 3.05) is 0 Å². The van der Waals surface area contributed by atoms with Gasteiger partial charge in [0.25, 0.3) is 0 Å². The van der Waals surface area contributed by atoms with Crippen LogP contribution in [0.2, 0.25) is 0 Å². The highest BCUT2D eigenvalue weighted by Crippen LogP contribution is 2.16. The summed E-state index contributed by atoms with van der Waals surface area (Å²) in [4.78, 5) is 20.7. The molecule has 0 bridgehead atoms. The van der Waals surface area contributed by atoms with Crippen molar-refractivity contribution in [3.05, 3.63) is 0 Å². The fraction of sp³-hybridized carbons (Fsp3) is 0.714. The van der Waals surface area contributed by atoms with E-state index in [1.165, 1.54) is 0 Å². The average Bonchev–Trinajstić information content (AvgIpc) is 1.87. The van der Waals surface area contributed by atoms with Crippen molar-refractivity contribution in [1.29, 1.82) is 0 Å². The molecule has 0 radical (unpaired) electrons. The van der Waals surface area contributed by atoms with Crippen LogP contribution in [-0.2, 0) is 9.59 Å². The third-order valence-corrected chi connectivity index (χ3v) is 1.85. The number of aldehydes is 1. The molecule has 4 heteroatoms. The molecule has 0 heterocycles. The van der Waals surface area contributed by atoms with Crippen LogP contribution in [0.3, 0.4) is 0 Å². The Bertz CT molecular complexity index is 167. The Morgan fingerprint density at radius 3 is 2.27 bits per heavy atom. The van der Waals surface area contributed by atoms with Gasteiger partial charge in [0.1, 0.15) is 11.8 Å². The van der Waals surface area contributed by atoms with Crippen molar-refractivity contribution < 1.29 is 14.7 Å². The molecule has 0 aromatic carbocycles. The number of carbonyl (C=O) groups excluding carboxylic acids is 1. The fourth-order valence-corrected chi connectivity index (χ4v) is 0.708. The predicted molar refractivity (Wildman–Crippen MR) is 40.1 cm³/mol. The summed E-state index contributed by atoms with van der Waals surface area (Å²) in [5.74, 6) is -1.37. The molecule has 11 heavy (non-hydrogen) atoms. The minimum atomic E-state index is -1.40. The molecule has 3 N–H and O–H groups in total. The maximum atomic E-state index is 10.6. The first-order chi connectivity index (χ1) is 4.95. The van der Waals surface area contributed by atoms with Gasteiger partial charge in [-0.25, -0.2) is 0 Å². The summed E-state index contributed by atoms with van der Waals surface area (Å²) < 4.78 is 0. The Morgan fingerprint density at radius 1 is 1.73 bits per heavy atom. The highest BCUT2D eigenvalue weighted by Gasteiger charge is 2.36. The number of nitrogens with two attached hydrogens (primary N) is 1. The molecule has 0 saturated carbocycles. The summed E-state index contributed by atoms with van der Waals surface area (Å²) >= 11 is 0. The van der Waals surface area contributed by atoms with Gasteiger partial charge in [-0.05, 0) is 5.92 Å². The number of carbonyl (C=O) groups is 2. The lowest BCUT2D eigenvalue weighted by Gasteiger charge is -2.26. The van der Waals surface area contributed by atoms with Gasteiger partial charge in [-0.1, -0.05) is 13.8 Å². The highest BCUT2D eigenvalue weighted by atomic mass is 16.4. The van der Waals surface area contributed by atoms with E-state index in [2.05, 4.69) is 0 Å². The van der Waals surface area contributed by atoms with Gasteiger partial charge < -0.3 is 15.6 Å². The van der Waals surface area contributed by atoms with Crippen molar-refractivity contribution in [3.8, 4) is 0 Å². The summed E-state index contributed by atoms with van der Waals surface area (Å²) in [6, 6.07) is 0. The van der Waals surface area contributed by atoms with E-state index < -0.39 is 11.5 Å². The fourth-order valence-electron chi connectivity index (χ4n) is 0.708. The van der Waals surface area contributed by atoms with Gasteiger partial charge in [0.05, 0.1) is 0 Å². The molecule has 0 spiro atoms. The van der Waals surface area contributed by atoms with Crippen LogP contribution in [0.25, 0.3) is 0 Å². The van der Waals surface area contributed by atoms with Crippen LogP contribution >= 0.6 is 0 Å². The van der Waals surface area contributed by atoms with Crippen molar-refractivity contribution in [1.82, 2.24) is 0 Å². The quantitative estimate of drug-likeness (QED) is 0.566. The molecule has 0 aliphatic rings. The Balaban J connectivity index is 4.51. The van der Waals surface area contributed by atoms with Gasteiger partial charge in [-0.15, -0.1) is 0 Å². The minimum absolute atomic E-state index is 0.139. The molecule has 0 aliphatic carbocycles. The molecular formula is C7H13NO3. The summed E-state index contributed by atoms with van der Waals surface area (Å²) in [7, 11) is 0. The number of rotatable bonds is 4. The van der Waals surface area contributed by atoms with Gasteiger partial charge in [0.2, 0.25) is 0 Å². The van der Waals surface area contributed by atoms with Crippen LogP contribution in [0.1, 0.15) is 20.3 Å². The molecule has 0 rings (SSSR count). The number of hydrogen-bond acceptors (Lipinski definition) is 3. The van der Waals surface area contributed by atoms with Crippen LogP contribution in [0.5, 0.6) is 0 Å². The summed E-state index contributed by atoms with van der Waals surface area (Å²) in [6.45, 7) is 3.36. The zero-order valence-electron chi connectivity index (χ0n) is 6.70. The van der Waals surface area contributed by atoms with Crippen LogP contribution in [-0.4, -0.2) is 22.9 Å². The molecule has 0 aromatic rings. The maximum Gasteiger partial charge on any atom is 0.324 e. The van der Waals surface area contributed by atoms with Gasteiger partial charge in [0.15, 0.2) is 0 Å². The van der Waals surface area contributed by atoms with Gasteiger partial charge in [-0.2, -0.15) is 0 Å². The van der Waals surface area contributed by atoms with E-state index >= 15 is 0 Å². The Labute approximate surface area is 65.4 Å². The molecule has 0 aliphatic heterocycles. The third-order valence-electron chi connectivity index (χ3n) is 1.85. The number of hydrogen-bond donors (Lipinski definition) is 2. The second kappa shape index (κ2) is 3.48. The first-order valence-corrected chi connectivity index (χ1v) is 3.41. The average molecular weight is 159 g/mol. The van der Waals surface area contributed by atoms with Gasteiger partial charge >= 0.3 is 5.97 Å². The first-order valence-electron chi connectivity index (χ1n) is 3.41. The summed E-state index contributed by atoms with van der Waals surface area (Å²) in [5.41, 5.74) is 4.06. The van der Waals surface area contributed by atoms with E-state index in [9.17, 15) is 9.59 Å². The second-order valence-corrected chi connectivity index (χ2v) is 2.87. The predicted octanol–water partition coefficient (Wildman–Crippen LogP) is 0.0135. The van der Waals surface area contributed by atoms with Crippen LogP contribution in [0.15, 0.2) is 0 Å². The molecular weight excluding hydrogens is 146 g/mol. The normalized spacial score (nSPS) is 16.0. The zero-order chi connectivity index (χ0) is 9.07. The Morgan fingerprint density at radius 2 is 2.18 bits per heavy atom. The Hall–Kier alpha value is -0.900. The van der Waals surface area contributed by atoms with E-state index in [1.54, 1.807) is 13.8 Å². The van der Waals surface area contributed by atoms with Crippen molar-refractivity contribution in [2.24, 2.45) is 11.7 Å². The molecule has 0 amide bonds. The van der Waals surface area contributed by atoms with E-state index in [-0.39, 0.29) is 12.3 Å². The monoisotopic (exact) mass is 159 g/mol. The molecule has 4 nitrogen and oxygen atoms in total.